The maximum atomic E-state index is 8.71. The Balaban J connectivity index is 3.04. The van der Waals surface area contributed by atoms with Crippen molar-refractivity contribution in [1.82, 2.24) is 9.78 Å². The third kappa shape index (κ3) is 1.32. The summed E-state index contributed by atoms with van der Waals surface area (Å²) in [5.41, 5.74) is 5.40. The first-order valence-electron chi connectivity index (χ1n) is 3.28. The zero-order valence-electron chi connectivity index (χ0n) is 6.57. The Morgan fingerprint density at radius 2 is 2.36 bits per heavy atom. The number of nitrogens with two attached hydrogens (primary N) is 1. The van der Waals surface area contributed by atoms with Crippen molar-refractivity contribution < 1.29 is 0 Å². The van der Waals surface area contributed by atoms with Crippen LogP contribution in [-0.4, -0.2) is 9.78 Å². The predicted molar refractivity (Wildman–Crippen MR) is 41.6 cm³/mol. The molecule has 0 aliphatic heterocycles. The zero-order valence-corrected chi connectivity index (χ0v) is 6.57. The minimum absolute atomic E-state index is 0.577. The van der Waals surface area contributed by atoms with Gasteiger partial charge in [-0.25, -0.2) is 0 Å². The van der Waals surface area contributed by atoms with Crippen molar-refractivity contribution in [3.05, 3.63) is 12.4 Å². The van der Waals surface area contributed by atoms with E-state index >= 15 is 0 Å². The molecule has 0 saturated carbocycles. The lowest BCUT2D eigenvalue weighted by atomic mass is 10.1. The van der Waals surface area contributed by atoms with E-state index in [1.165, 1.54) is 6.20 Å². The highest BCUT2D eigenvalue weighted by molar-refractivity contribution is 5.31. The average molecular weight is 150 g/mol. The Bertz CT molecular complexity index is 292. The van der Waals surface area contributed by atoms with Gasteiger partial charge in [0.1, 0.15) is 5.54 Å². The number of nitrogens with zero attached hydrogens (tertiary/aromatic N) is 3. The molecule has 2 N–H and O–H groups in total. The average Bonchev–Trinajstić information content (AvgIpc) is 2.36. The molecule has 0 aliphatic rings. The van der Waals surface area contributed by atoms with Crippen LogP contribution in [0.15, 0.2) is 12.4 Å². The maximum absolute atomic E-state index is 8.71. The Morgan fingerprint density at radius 3 is 2.73 bits per heavy atom. The van der Waals surface area contributed by atoms with Gasteiger partial charge in [-0.3, -0.25) is 4.68 Å². The van der Waals surface area contributed by atoms with Crippen LogP contribution in [0.5, 0.6) is 0 Å². The van der Waals surface area contributed by atoms with Gasteiger partial charge in [0.05, 0.1) is 18.0 Å². The summed E-state index contributed by atoms with van der Waals surface area (Å²) in [5, 5.41) is 12.6. The SMILES string of the molecule is CC(C)(C#N)n1cc(N)cn1. The van der Waals surface area contributed by atoms with E-state index in [-0.39, 0.29) is 0 Å². The molecule has 0 fully saturated rings. The lowest BCUT2D eigenvalue weighted by molar-refractivity contribution is 0.419. The highest BCUT2D eigenvalue weighted by atomic mass is 15.3. The molecule has 1 rings (SSSR count). The molecule has 1 heterocycles. The lowest BCUT2D eigenvalue weighted by Gasteiger charge is -2.14. The number of nitriles is 1. The van der Waals surface area contributed by atoms with Crippen LogP contribution < -0.4 is 5.73 Å². The number of hydrogen-bond acceptors (Lipinski definition) is 3. The van der Waals surface area contributed by atoms with Crippen molar-refractivity contribution in [3.8, 4) is 6.07 Å². The molecule has 0 radical (unpaired) electrons. The van der Waals surface area contributed by atoms with Gasteiger partial charge in [-0.05, 0) is 13.8 Å². The van der Waals surface area contributed by atoms with Crippen molar-refractivity contribution in [2.45, 2.75) is 19.4 Å². The van der Waals surface area contributed by atoms with Crippen LogP contribution in [0.2, 0.25) is 0 Å². The summed E-state index contributed by atoms with van der Waals surface area (Å²) in [6.45, 7) is 3.55. The summed E-state index contributed by atoms with van der Waals surface area (Å²) in [6, 6.07) is 2.12. The van der Waals surface area contributed by atoms with Crippen molar-refractivity contribution >= 4 is 5.69 Å². The van der Waals surface area contributed by atoms with Crippen LogP contribution in [-0.2, 0) is 5.54 Å². The molecule has 58 valence electrons. The Morgan fingerprint density at radius 1 is 1.73 bits per heavy atom. The van der Waals surface area contributed by atoms with Crippen LogP contribution in [0.25, 0.3) is 0 Å². The molecule has 0 saturated heterocycles. The normalized spacial score (nSPS) is 11.0. The standard InChI is InChI=1S/C7H10N4/c1-7(2,5-8)11-4-6(9)3-10-11/h3-4H,9H2,1-2H3. The van der Waals surface area contributed by atoms with E-state index in [9.17, 15) is 0 Å². The van der Waals surface area contributed by atoms with Gasteiger partial charge < -0.3 is 5.73 Å². The molecule has 0 unspecified atom stereocenters. The molecule has 0 aromatic carbocycles. The van der Waals surface area contributed by atoms with E-state index in [0.29, 0.717) is 5.69 Å². The highest BCUT2D eigenvalue weighted by Gasteiger charge is 2.19. The molecule has 0 spiro atoms. The molecular formula is C7H10N4. The number of aromatic nitrogens is 2. The largest absolute Gasteiger partial charge is 0.396 e. The maximum Gasteiger partial charge on any atom is 0.143 e. The zero-order chi connectivity index (χ0) is 8.48. The van der Waals surface area contributed by atoms with E-state index in [2.05, 4.69) is 11.2 Å². The second-order valence-electron chi connectivity index (χ2n) is 2.89. The second-order valence-corrected chi connectivity index (χ2v) is 2.89. The first-order valence-corrected chi connectivity index (χ1v) is 3.28. The predicted octanol–water partition coefficient (Wildman–Crippen LogP) is 0.724. The van der Waals surface area contributed by atoms with Crippen molar-refractivity contribution in [2.24, 2.45) is 0 Å². The topological polar surface area (TPSA) is 67.6 Å². The van der Waals surface area contributed by atoms with E-state index in [1.807, 2.05) is 0 Å². The van der Waals surface area contributed by atoms with Gasteiger partial charge in [0.25, 0.3) is 0 Å². The van der Waals surface area contributed by atoms with E-state index in [0.717, 1.165) is 0 Å². The van der Waals surface area contributed by atoms with Gasteiger partial charge >= 0.3 is 0 Å². The molecule has 0 atom stereocenters. The van der Waals surface area contributed by atoms with Gasteiger partial charge in [-0.15, -0.1) is 0 Å². The Hall–Kier alpha value is -1.50. The number of anilines is 1. The summed E-state index contributed by atoms with van der Waals surface area (Å²) >= 11 is 0. The van der Waals surface area contributed by atoms with Gasteiger partial charge in [0.15, 0.2) is 0 Å². The second kappa shape index (κ2) is 2.27. The van der Waals surface area contributed by atoms with Gasteiger partial charge in [-0.1, -0.05) is 0 Å². The summed E-state index contributed by atoms with van der Waals surface area (Å²) in [5.74, 6) is 0. The number of nitrogen functional groups attached to an aromatic ring is 1. The van der Waals surface area contributed by atoms with Crippen LogP contribution in [0.1, 0.15) is 13.8 Å². The van der Waals surface area contributed by atoms with Gasteiger partial charge in [0, 0.05) is 6.20 Å². The van der Waals surface area contributed by atoms with E-state index in [4.69, 9.17) is 11.0 Å². The third-order valence-electron chi connectivity index (χ3n) is 1.45. The van der Waals surface area contributed by atoms with Gasteiger partial charge in [-0.2, -0.15) is 10.4 Å². The fraction of sp³-hybridized carbons (Fsp3) is 0.429. The van der Waals surface area contributed by atoms with Crippen LogP contribution in [0.3, 0.4) is 0 Å². The molecule has 1 aromatic rings. The highest BCUT2D eigenvalue weighted by Crippen LogP contribution is 2.13. The molecule has 11 heavy (non-hydrogen) atoms. The number of rotatable bonds is 1. The molecular weight excluding hydrogens is 140 g/mol. The smallest absolute Gasteiger partial charge is 0.143 e. The van der Waals surface area contributed by atoms with Crippen molar-refractivity contribution in [1.29, 1.82) is 5.26 Å². The molecule has 0 bridgehead atoms. The Kier molecular flexibility index (Phi) is 1.57. The number of hydrogen-bond donors (Lipinski definition) is 1. The fourth-order valence-electron chi connectivity index (χ4n) is 0.694. The first kappa shape index (κ1) is 7.61. The quantitative estimate of drug-likeness (QED) is 0.641. The first-order chi connectivity index (χ1) is 5.06. The summed E-state index contributed by atoms with van der Waals surface area (Å²) in [7, 11) is 0. The van der Waals surface area contributed by atoms with Crippen molar-refractivity contribution in [3.63, 3.8) is 0 Å². The molecule has 1 aromatic heterocycles. The molecule has 4 heteroatoms. The summed E-state index contributed by atoms with van der Waals surface area (Å²) in [4.78, 5) is 0. The lowest BCUT2D eigenvalue weighted by Crippen LogP contribution is -2.24. The van der Waals surface area contributed by atoms with E-state index in [1.54, 1.807) is 24.7 Å². The van der Waals surface area contributed by atoms with E-state index < -0.39 is 5.54 Å². The molecule has 0 amide bonds. The minimum atomic E-state index is -0.613. The van der Waals surface area contributed by atoms with Gasteiger partial charge in [0.2, 0.25) is 0 Å². The molecule has 0 aliphatic carbocycles. The summed E-state index contributed by atoms with van der Waals surface area (Å²) < 4.78 is 1.54. The third-order valence-corrected chi connectivity index (χ3v) is 1.45. The van der Waals surface area contributed by atoms with Crippen LogP contribution >= 0.6 is 0 Å². The van der Waals surface area contributed by atoms with Crippen molar-refractivity contribution in [2.75, 3.05) is 5.73 Å². The van der Waals surface area contributed by atoms with Crippen LogP contribution in [0, 0.1) is 11.3 Å². The molecule has 4 nitrogen and oxygen atoms in total. The monoisotopic (exact) mass is 150 g/mol. The fourth-order valence-corrected chi connectivity index (χ4v) is 0.694. The summed E-state index contributed by atoms with van der Waals surface area (Å²) in [6.07, 6.45) is 3.17. The Labute approximate surface area is 65.2 Å². The van der Waals surface area contributed by atoms with Crippen LogP contribution in [0.4, 0.5) is 5.69 Å². The minimum Gasteiger partial charge on any atom is -0.396 e.